The lowest BCUT2D eigenvalue weighted by molar-refractivity contribution is -0.0165. The fourth-order valence-corrected chi connectivity index (χ4v) is 5.69. The molecule has 3 aliphatic rings. The molecule has 2 aromatic heterocycles. The molecule has 178 valence electrons. The van der Waals surface area contributed by atoms with E-state index in [0.717, 1.165) is 42.7 Å². The number of hydrogen-bond donors (Lipinski definition) is 0. The fourth-order valence-electron chi connectivity index (χ4n) is 5.69. The standard InChI is InChI=1S/C27H30N8/c1-19(2)32-17-27(18-32,12-13-28)34-14-11-22(31-34)24-15-25-23(9-10-26-30-29-20(3)35(25)26)33(24)16-21-7-5-4-6-8-21/h4-11,14-15,19,23,25H,12,16-18H2,1-3H3. The van der Waals surface area contributed by atoms with E-state index < -0.39 is 0 Å². The first kappa shape index (κ1) is 21.8. The van der Waals surface area contributed by atoms with Gasteiger partial charge >= 0.3 is 0 Å². The van der Waals surface area contributed by atoms with E-state index >= 15 is 0 Å². The van der Waals surface area contributed by atoms with Crippen LogP contribution in [0.3, 0.4) is 0 Å². The molecule has 8 nitrogen and oxygen atoms in total. The summed E-state index contributed by atoms with van der Waals surface area (Å²) in [7, 11) is 0. The van der Waals surface area contributed by atoms with E-state index in [0.29, 0.717) is 12.5 Å². The van der Waals surface area contributed by atoms with Gasteiger partial charge in [-0.15, -0.1) is 10.2 Å². The monoisotopic (exact) mass is 466 g/mol. The Morgan fingerprint density at radius 1 is 1.11 bits per heavy atom. The maximum Gasteiger partial charge on any atom is 0.157 e. The van der Waals surface area contributed by atoms with Crippen LogP contribution in [0.25, 0.3) is 11.8 Å². The van der Waals surface area contributed by atoms with Crippen molar-refractivity contribution in [2.75, 3.05) is 13.1 Å². The highest BCUT2D eigenvalue weighted by molar-refractivity contribution is 5.67. The smallest absolute Gasteiger partial charge is 0.157 e. The highest BCUT2D eigenvalue weighted by atomic mass is 15.4. The van der Waals surface area contributed by atoms with Crippen molar-refractivity contribution in [2.45, 2.75) is 57.4 Å². The number of nitrogens with zero attached hydrogens (tertiary/aromatic N) is 8. The Hall–Kier alpha value is -3.70. The van der Waals surface area contributed by atoms with E-state index in [9.17, 15) is 5.26 Å². The van der Waals surface area contributed by atoms with Crippen molar-refractivity contribution >= 4 is 11.8 Å². The van der Waals surface area contributed by atoms with Crippen LogP contribution in [0.2, 0.25) is 0 Å². The van der Waals surface area contributed by atoms with Crippen molar-refractivity contribution in [3.05, 3.63) is 77.7 Å². The molecule has 1 aromatic carbocycles. The minimum absolute atomic E-state index is 0.113. The van der Waals surface area contributed by atoms with Gasteiger partial charge in [-0.2, -0.15) is 10.4 Å². The van der Waals surface area contributed by atoms with Crippen LogP contribution >= 0.6 is 0 Å². The van der Waals surface area contributed by atoms with E-state index in [4.69, 9.17) is 5.10 Å². The Labute approximate surface area is 205 Å². The fraction of sp³-hybridized carbons (Fsp3) is 0.407. The van der Waals surface area contributed by atoms with Gasteiger partial charge in [-0.3, -0.25) is 9.58 Å². The normalized spacial score (nSPS) is 22.5. The minimum atomic E-state index is -0.259. The molecule has 3 aromatic rings. The third-order valence-electron chi connectivity index (χ3n) is 7.65. The van der Waals surface area contributed by atoms with Crippen LogP contribution in [-0.2, 0) is 12.1 Å². The molecule has 1 saturated heterocycles. The molecule has 0 radical (unpaired) electrons. The lowest BCUT2D eigenvalue weighted by atomic mass is 9.86. The van der Waals surface area contributed by atoms with Gasteiger partial charge in [0.15, 0.2) is 5.82 Å². The minimum Gasteiger partial charge on any atom is -0.357 e. The molecular weight excluding hydrogens is 436 g/mol. The topological polar surface area (TPSA) is 78.8 Å². The number of likely N-dealkylation sites (tertiary alicyclic amines) is 1. The number of aryl methyl sites for hydroxylation is 1. The van der Waals surface area contributed by atoms with Crippen LogP contribution < -0.4 is 0 Å². The lowest BCUT2D eigenvalue weighted by Crippen LogP contribution is -2.64. The number of nitriles is 1. The van der Waals surface area contributed by atoms with Gasteiger partial charge in [0.1, 0.15) is 17.1 Å². The second-order valence-corrected chi connectivity index (χ2v) is 10.2. The Morgan fingerprint density at radius 3 is 2.66 bits per heavy atom. The summed E-state index contributed by atoms with van der Waals surface area (Å²) in [6, 6.07) is 15.8. The Bertz CT molecular complexity index is 1330. The summed E-state index contributed by atoms with van der Waals surface area (Å²) in [5.74, 6) is 1.81. The number of hydrogen-bond acceptors (Lipinski definition) is 6. The molecule has 0 saturated carbocycles. The Balaban J connectivity index is 1.37. The lowest BCUT2D eigenvalue weighted by Gasteiger charge is -2.51. The molecule has 0 aliphatic carbocycles. The second-order valence-electron chi connectivity index (χ2n) is 10.2. The predicted molar refractivity (Wildman–Crippen MR) is 134 cm³/mol. The number of benzene rings is 1. The van der Waals surface area contributed by atoms with E-state index in [1.165, 1.54) is 5.56 Å². The number of rotatable bonds is 6. The molecule has 0 bridgehead atoms. The average Bonchev–Trinajstić information content (AvgIpc) is 3.54. The van der Waals surface area contributed by atoms with E-state index in [1.807, 2.05) is 11.6 Å². The van der Waals surface area contributed by atoms with E-state index in [-0.39, 0.29) is 17.6 Å². The van der Waals surface area contributed by atoms with Crippen molar-refractivity contribution < 1.29 is 0 Å². The predicted octanol–water partition coefficient (Wildman–Crippen LogP) is 3.61. The maximum absolute atomic E-state index is 9.56. The first-order valence-electron chi connectivity index (χ1n) is 12.3. The number of fused-ring (bicyclic) bond motifs is 3. The van der Waals surface area contributed by atoms with E-state index in [1.54, 1.807) is 0 Å². The van der Waals surface area contributed by atoms with Crippen molar-refractivity contribution in [1.29, 1.82) is 5.26 Å². The van der Waals surface area contributed by atoms with E-state index in [2.05, 4.69) is 105 Å². The summed E-state index contributed by atoms with van der Waals surface area (Å²) in [6.45, 7) is 8.90. The van der Waals surface area contributed by atoms with Crippen LogP contribution in [0.4, 0.5) is 0 Å². The van der Waals surface area contributed by atoms with Crippen molar-refractivity contribution in [3.63, 3.8) is 0 Å². The van der Waals surface area contributed by atoms with Gasteiger partial charge in [0, 0.05) is 31.9 Å². The molecule has 35 heavy (non-hydrogen) atoms. The molecular formula is C27H30N8. The van der Waals surface area contributed by atoms with Crippen LogP contribution in [0, 0.1) is 18.3 Å². The average molecular weight is 467 g/mol. The van der Waals surface area contributed by atoms with Crippen molar-refractivity contribution in [3.8, 4) is 6.07 Å². The van der Waals surface area contributed by atoms with Crippen LogP contribution in [0.1, 0.15) is 49.2 Å². The zero-order valence-electron chi connectivity index (χ0n) is 20.4. The first-order chi connectivity index (χ1) is 17.0. The SMILES string of the molecule is Cc1nnc2n1C1C=C(c3ccn(C4(CC#N)CN(C(C)C)C4)n3)N(Cc3ccccc3)C1C=C2. The summed E-state index contributed by atoms with van der Waals surface area (Å²) >= 11 is 0. The summed E-state index contributed by atoms with van der Waals surface area (Å²) in [4.78, 5) is 4.83. The molecule has 5 heterocycles. The highest BCUT2D eigenvalue weighted by Crippen LogP contribution is 2.42. The van der Waals surface area contributed by atoms with Gasteiger partial charge in [-0.05, 0) is 44.6 Å². The van der Waals surface area contributed by atoms with Gasteiger partial charge < -0.3 is 9.47 Å². The van der Waals surface area contributed by atoms with Crippen molar-refractivity contribution in [2.24, 2.45) is 0 Å². The molecule has 0 amide bonds. The van der Waals surface area contributed by atoms with Gasteiger partial charge in [-0.25, -0.2) is 0 Å². The van der Waals surface area contributed by atoms with Gasteiger partial charge in [0.25, 0.3) is 0 Å². The first-order valence-corrected chi connectivity index (χ1v) is 12.3. The summed E-state index contributed by atoms with van der Waals surface area (Å²) in [6.07, 6.45) is 9.13. The number of aromatic nitrogens is 5. The third-order valence-corrected chi connectivity index (χ3v) is 7.65. The van der Waals surface area contributed by atoms with Crippen LogP contribution in [0.5, 0.6) is 0 Å². The van der Waals surface area contributed by atoms with Crippen molar-refractivity contribution in [1.82, 2.24) is 34.3 Å². The molecule has 8 heteroatoms. The van der Waals surface area contributed by atoms with Crippen LogP contribution in [-0.4, -0.2) is 59.5 Å². The second kappa shape index (κ2) is 8.21. The summed E-state index contributed by atoms with van der Waals surface area (Å²) in [5, 5.41) is 23.3. The molecule has 1 fully saturated rings. The zero-order valence-corrected chi connectivity index (χ0v) is 20.4. The summed E-state index contributed by atoms with van der Waals surface area (Å²) in [5.41, 5.74) is 3.05. The largest absolute Gasteiger partial charge is 0.357 e. The molecule has 0 spiro atoms. The Kier molecular flexibility index (Phi) is 5.11. The highest BCUT2D eigenvalue weighted by Gasteiger charge is 2.46. The molecule has 0 N–H and O–H groups in total. The Morgan fingerprint density at radius 2 is 1.91 bits per heavy atom. The maximum atomic E-state index is 9.56. The summed E-state index contributed by atoms with van der Waals surface area (Å²) < 4.78 is 4.26. The van der Waals surface area contributed by atoms with Gasteiger partial charge in [-0.1, -0.05) is 36.4 Å². The zero-order chi connectivity index (χ0) is 24.2. The molecule has 2 unspecified atom stereocenters. The van der Waals surface area contributed by atoms with Crippen LogP contribution in [0.15, 0.2) is 54.7 Å². The third kappa shape index (κ3) is 3.50. The van der Waals surface area contributed by atoms with Gasteiger partial charge in [0.2, 0.25) is 0 Å². The van der Waals surface area contributed by atoms with Gasteiger partial charge in [0.05, 0.1) is 30.3 Å². The molecule has 3 aliphatic heterocycles. The quantitative estimate of drug-likeness (QED) is 0.552. The molecule has 2 atom stereocenters. The molecule has 6 rings (SSSR count).